The number of aliphatic hydroxyl groups excluding tert-OH is 1. The van der Waals surface area contributed by atoms with E-state index in [1.54, 1.807) is 30.0 Å². The number of amides is 1. The van der Waals surface area contributed by atoms with Crippen molar-refractivity contribution >= 4 is 39.8 Å². The number of fused-ring (bicyclic) bond motifs is 2. The van der Waals surface area contributed by atoms with Gasteiger partial charge in [0.05, 0.1) is 30.0 Å². The molecule has 3 N–H and O–H groups in total. The molecule has 2 saturated heterocycles. The fourth-order valence-electron chi connectivity index (χ4n) is 4.87. The van der Waals surface area contributed by atoms with E-state index in [-0.39, 0.29) is 34.9 Å². The van der Waals surface area contributed by atoms with Crippen LogP contribution in [0.3, 0.4) is 0 Å². The van der Waals surface area contributed by atoms with E-state index < -0.39 is 18.0 Å². The summed E-state index contributed by atoms with van der Waals surface area (Å²) in [6, 6.07) is -0.0754. The Morgan fingerprint density at radius 1 is 1.48 bits per heavy atom. The molecule has 3 aliphatic heterocycles. The fourth-order valence-corrected chi connectivity index (χ4v) is 7.25. The predicted molar refractivity (Wildman–Crippen MR) is 109 cm³/mol. The Hall–Kier alpha value is -1.88. The number of nitrogens with one attached hydrogen (secondary N) is 1. The van der Waals surface area contributed by atoms with Gasteiger partial charge in [-0.15, -0.1) is 23.1 Å². The maximum absolute atomic E-state index is 12.5. The Morgan fingerprint density at radius 3 is 3.00 bits per heavy atom. The molecule has 5 rings (SSSR count). The maximum Gasteiger partial charge on any atom is 0.353 e. The molecule has 0 aliphatic carbocycles. The lowest BCUT2D eigenvalue weighted by molar-refractivity contribution is -0.163. The highest BCUT2D eigenvalue weighted by Crippen LogP contribution is 2.52. The zero-order valence-corrected chi connectivity index (χ0v) is 17.6. The van der Waals surface area contributed by atoms with E-state index in [2.05, 4.69) is 20.1 Å². The summed E-state index contributed by atoms with van der Waals surface area (Å²) in [5.41, 5.74) is 1.27. The summed E-state index contributed by atoms with van der Waals surface area (Å²) in [6.07, 6.45) is 3.76. The molecule has 0 bridgehead atoms. The molecule has 0 spiro atoms. The molecular weight excluding hydrogens is 412 g/mol. The molecule has 29 heavy (non-hydrogen) atoms. The van der Waals surface area contributed by atoms with Gasteiger partial charge in [-0.05, 0) is 13.3 Å². The normalized spacial score (nSPS) is 32.7. The molecule has 2 fully saturated rings. The number of carboxylic acid groups (broad SMARTS) is 1. The van der Waals surface area contributed by atoms with Crippen LogP contribution in [0.25, 0.3) is 4.83 Å². The second kappa shape index (κ2) is 6.83. The third-order valence-electron chi connectivity index (χ3n) is 6.24. The molecule has 154 valence electrons. The van der Waals surface area contributed by atoms with Crippen molar-refractivity contribution in [3.8, 4) is 0 Å². The molecule has 10 heteroatoms. The number of hydrogen-bond donors (Lipinski definition) is 3. The van der Waals surface area contributed by atoms with Crippen LogP contribution in [-0.4, -0.2) is 60.3 Å². The number of rotatable bonds is 5. The van der Waals surface area contributed by atoms with E-state index in [0.29, 0.717) is 0 Å². The van der Waals surface area contributed by atoms with Gasteiger partial charge in [0, 0.05) is 34.0 Å². The first kappa shape index (κ1) is 19.1. The highest BCUT2D eigenvalue weighted by atomic mass is 32.2. The molecule has 2 aromatic rings. The minimum Gasteiger partial charge on any atom is -0.477 e. The van der Waals surface area contributed by atoms with Crippen LogP contribution in [0.5, 0.6) is 0 Å². The summed E-state index contributed by atoms with van der Waals surface area (Å²) in [5, 5.41) is 25.7. The summed E-state index contributed by atoms with van der Waals surface area (Å²) < 4.78 is 2.09. The number of imidazole rings is 1. The number of aliphatic hydroxyl groups is 1. The van der Waals surface area contributed by atoms with Crippen molar-refractivity contribution in [1.29, 1.82) is 0 Å². The molecule has 2 aromatic heterocycles. The monoisotopic (exact) mass is 434 g/mol. The molecular formula is C19H22N4O4S2. The zero-order valence-electron chi connectivity index (χ0n) is 16.0. The van der Waals surface area contributed by atoms with Crippen molar-refractivity contribution in [2.45, 2.75) is 43.7 Å². The van der Waals surface area contributed by atoms with Crippen LogP contribution in [0.4, 0.5) is 0 Å². The van der Waals surface area contributed by atoms with Gasteiger partial charge in [0.25, 0.3) is 0 Å². The van der Waals surface area contributed by atoms with Gasteiger partial charge in [-0.1, -0.05) is 6.92 Å². The number of aliphatic carboxylic acids is 1. The predicted octanol–water partition coefficient (Wildman–Crippen LogP) is 1.69. The molecule has 0 unspecified atom stereocenters. The summed E-state index contributed by atoms with van der Waals surface area (Å²) in [5.74, 6) is -1.97. The number of nitrogens with zero attached hydrogens (tertiary/aromatic N) is 3. The number of β-lactam (4-membered cyclic amide) rings is 1. The minimum absolute atomic E-state index is 0.0936. The van der Waals surface area contributed by atoms with Crippen LogP contribution < -0.4 is 5.32 Å². The van der Waals surface area contributed by atoms with E-state index in [0.717, 1.165) is 22.7 Å². The first-order valence-electron chi connectivity index (χ1n) is 9.66. The molecule has 3 aliphatic rings. The van der Waals surface area contributed by atoms with Crippen LogP contribution in [0, 0.1) is 11.8 Å². The van der Waals surface area contributed by atoms with Gasteiger partial charge in [0.1, 0.15) is 16.9 Å². The molecule has 0 radical (unpaired) electrons. The van der Waals surface area contributed by atoms with Crippen LogP contribution >= 0.6 is 23.1 Å². The van der Waals surface area contributed by atoms with Gasteiger partial charge in [0.15, 0.2) is 0 Å². The van der Waals surface area contributed by atoms with Gasteiger partial charge in [-0.2, -0.15) is 0 Å². The first-order valence-corrected chi connectivity index (χ1v) is 11.4. The van der Waals surface area contributed by atoms with Crippen LogP contribution in [0.15, 0.2) is 28.5 Å². The largest absolute Gasteiger partial charge is 0.477 e. The topological polar surface area (TPSA) is 107 Å². The minimum atomic E-state index is -1.07. The van der Waals surface area contributed by atoms with Crippen LogP contribution in [0.2, 0.25) is 0 Å². The number of thioether (sulfide) groups is 1. The number of carboxylic acids is 1. The smallest absolute Gasteiger partial charge is 0.353 e. The quantitative estimate of drug-likeness (QED) is 0.615. The van der Waals surface area contributed by atoms with Crippen molar-refractivity contribution in [2.24, 2.45) is 11.8 Å². The van der Waals surface area contributed by atoms with E-state index in [1.165, 1.54) is 10.6 Å². The summed E-state index contributed by atoms with van der Waals surface area (Å²) in [4.78, 5) is 31.9. The highest BCUT2D eigenvalue weighted by Gasteiger charge is 2.60. The zero-order chi connectivity index (χ0) is 20.4. The highest BCUT2D eigenvalue weighted by molar-refractivity contribution is 8.03. The van der Waals surface area contributed by atoms with Crippen molar-refractivity contribution in [3.05, 3.63) is 34.2 Å². The lowest BCUT2D eigenvalue weighted by Gasteiger charge is -2.46. The number of hydrogen-bond acceptors (Lipinski definition) is 7. The molecule has 1 amide bonds. The summed E-state index contributed by atoms with van der Waals surface area (Å²) in [7, 11) is 0. The Labute approximate surface area is 175 Å². The van der Waals surface area contributed by atoms with Crippen LogP contribution in [0.1, 0.15) is 32.0 Å². The lowest BCUT2D eigenvalue weighted by Crippen LogP contribution is -2.63. The van der Waals surface area contributed by atoms with E-state index in [1.807, 2.05) is 19.4 Å². The fraction of sp³-hybridized carbons (Fsp3) is 0.526. The molecule has 5 heterocycles. The number of aromatic nitrogens is 2. The Kier molecular flexibility index (Phi) is 4.50. The second-order valence-electron chi connectivity index (χ2n) is 7.97. The first-order chi connectivity index (χ1) is 13.9. The number of carbonyl (C=O) groups excluding carboxylic acids is 1. The average Bonchev–Trinajstić information content (AvgIpc) is 3.39. The van der Waals surface area contributed by atoms with Crippen LogP contribution in [-0.2, 0) is 9.59 Å². The Morgan fingerprint density at radius 2 is 2.28 bits per heavy atom. The Bertz CT molecular complexity index is 1030. The third kappa shape index (κ3) is 2.77. The average molecular weight is 435 g/mol. The van der Waals surface area contributed by atoms with E-state index >= 15 is 0 Å². The van der Waals surface area contributed by atoms with Gasteiger partial charge < -0.3 is 20.4 Å². The number of carbonyl (C=O) groups is 2. The van der Waals surface area contributed by atoms with Gasteiger partial charge >= 0.3 is 5.97 Å². The van der Waals surface area contributed by atoms with E-state index in [4.69, 9.17) is 0 Å². The Balaban J connectivity index is 1.37. The van der Waals surface area contributed by atoms with Gasteiger partial charge in [-0.3, -0.25) is 9.20 Å². The van der Waals surface area contributed by atoms with E-state index in [9.17, 15) is 19.8 Å². The molecule has 0 aromatic carbocycles. The molecule has 8 nitrogen and oxygen atoms in total. The van der Waals surface area contributed by atoms with Crippen molar-refractivity contribution in [1.82, 2.24) is 19.6 Å². The van der Waals surface area contributed by atoms with Crippen molar-refractivity contribution in [2.75, 3.05) is 6.54 Å². The lowest BCUT2D eigenvalue weighted by atomic mass is 9.79. The number of thiazole rings is 1. The standard InChI is InChI=1S/C19H22N4O4S2/c1-8-15-14(9(2)24)18(25)23(15)16(19(26)27)17(8)29-10-3-11(21-4-10)12-6-28-13-5-20-7-22(12)13/h5-11,14-15,21,24H,3-4H2,1-2H3,(H,26,27)/t8-,9-,10+,11+,14-,15-/m1/s1. The van der Waals surface area contributed by atoms with Gasteiger partial charge in [0.2, 0.25) is 5.91 Å². The summed E-state index contributed by atoms with van der Waals surface area (Å²) in [6.45, 7) is 4.33. The maximum atomic E-state index is 12.5. The third-order valence-corrected chi connectivity index (χ3v) is 8.65. The molecule has 0 saturated carbocycles. The van der Waals surface area contributed by atoms with Gasteiger partial charge in [-0.25, -0.2) is 9.78 Å². The van der Waals surface area contributed by atoms with Crippen molar-refractivity contribution < 1.29 is 19.8 Å². The molecule has 6 atom stereocenters. The second-order valence-corrected chi connectivity index (χ2v) is 10.2. The SMILES string of the molecule is C[C@@H](O)[C@H]1C(=O)N2C(C(=O)O)=C(S[C@@H]3CN[C@H](c4csc5cncn45)C3)[C@H](C)[C@H]12. The van der Waals surface area contributed by atoms with Crippen molar-refractivity contribution in [3.63, 3.8) is 0 Å². The summed E-state index contributed by atoms with van der Waals surface area (Å²) >= 11 is 3.23.